The van der Waals surface area contributed by atoms with Gasteiger partial charge in [-0.2, -0.15) is 0 Å². The Hall–Kier alpha value is -0.240. The van der Waals surface area contributed by atoms with Crippen LogP contribution in [0.1, 0.15) is 0 Å². The summed E-state index contributed by atoms with van der Waals surface area (Å²) in [5.41, 5.74) is 0. The van der Waals surface area contributed by atoms with Crippen molar-refractivity contribution < 1.29 is 0 Å². The molecule has 0 atom stereocenters. The van der Waals surface area contributed by atoms with Gasteiger partial charge in [-0.05, 0) is 22.1 Å². The molecule has 0 aliphatic carbocycles. The Morgan fingerprint density at radius 2 is 2.29 bits per heavy atom. The zero-order valence-electron chi connectivity index (χ0n) is 4.32. The van der Waals surface area contributed by atoms with E-state index >= 15 is 0 Å². The first-order valence-electron chi connectivity index (χ1n) is 1.88. The highest BCUT2D eigenvalue weighted by Gasteiger charge is 1.85. The van der Waals surface area contributed by atoms with Crippen LogP contribution in [0.5, 0.6) is 0 Å². The van der Waals surface area contributed by atoms with E-state index in [9.17, 15) is 0 Å². The number of hydrogen-bond donors (Lipinski definition) is 0. The maximum Gasteiger partial charge on any atom is 0.0770 e. The van der Waals surface area contributed by atoms with Gasteiger partial charge in [0.15, 0.2) is 0 Å². The summed E-state index contributed by atoms with van der Waals surface area (Å²) in [5.74, 6) is 0. The molecular formula is C5H8BrN. The van der Waals surface area contributed by atoms with Gasteiger partial charge in [-0.3, -0.25) is 0 Å². The van der Waals surface area contributed by atoms with Crippen LogP contribution in [0.2, 0.25) is 0 Å². The van der Waals surface area contributed by atoms with E-state index in [0.717, 1.165) is 4.61 Å². The molecule has 0 heterocycles. The molecule has 0 radical (unpaired) electrons. The summed E-state index contributed by atoms with van der Waals surface area (Å²) in [4.78, 5) is 1.78. The normalized spacial score (nSPS) is 7.71. The molecule has 0 N–H and O–H groups in total. The van der Waals surface area contributed by atoms with Crippen LogP contribution in [-0.2, 0) is 0 Å². The van der Waals surface area contributed by atoms with Crippen molar-refractivity contribution in [2.45, 2.75) is 0 Å². The molecule has 0 saturated carbocycles. The van der Waals surface area contributed by atoms with Crippen molar-refractivity contribution in [3.8, 4) is 0 Å². The maximum absolute atomic E-state index is 3.60. The average molecular weight is 162 g/mol. The third-order valence-electron chi connectivity index (χ3n) is 0.657. The Kier molecular flexibility index (Phi) is 2.76. The fourth-order valence-corrected chi connectivity index (χ4v) is 0.244. The fourth-order valence-electron chi connectivity index (χ4n) is 0.0991. The summed E-state index contributed by atoms with van der Waals surface area (Å²) in [6.07, 6.45) is 1.68. The summed E-state index contributed by atoms with van der Waals surface area (Å²) in [5, 5.41) is 0. The van der Waals surface area contributed by atoms with E-state index in [1.807, 2.05) is 7.05 Å². The molecule has 2 heteroatoms. The van der Waals surface area contributed by atoms with E-state index in [1.165, 1.54) is 0 Å². The van der Waals surface area contributed by atoms with Gasteiger partial charge < -0.3 is 4.90 Å². The number of rotatable bonds is 2. The van der Waals surface area contributed by atoms with Crippen LogP contribution >= 0.6 is 15.9 Å². The maximum atomic E-state index is 3.60. The van der Waals surface area contributed by atoms with Gasteiger partial charge in [0, 0.05) is 7.05 Å². The molecule has 1 nitrogen and oxygen atoms in total. The molecule has 7 heavy (non-hydrogen) atoms. The van der Waals surface area contributed by atoms with E-state index in [0.29, 0.717) is 0 Å². The van der Waals surface area contributed by atoms with E-state index in [1.54, 1.807) is 11.1 Å². The summed E-state index contributed by atoms with van der Waals surface area (Å²) in [7, 11) is 1.87. The van der Waals surface area contributed by atoms with Gasteiger partial charge in [0.25, 0.3) is 0 Å². The molecule has 0 fully saturated rings. The van der Waals surface area contributed by atoms with Crippen LogP contribution in [0.15, 0.2) is 24.0 Å². The molecule has 0 aliphatic rings. The monoisotopic (exact) mass is 161 g/mol. The second-order valence-corrected chi connectivity index (χ2v) is 2.09. The molecule has 0 amide bonds. The molecular weight excluding hydrogens is 154 g/mol. The van der Waals surface area contributed by atoms with E-state index in [4.69, 9.17) is 0 Å². The highest BCUT2D eigenvalue weighted by molar-refractivity contribution is 9.11. The van der Waals surface area contributed by atoms with E-state index in [2.05, 4.69) is 29.1 Å². The van der Waals surface area contributed by atoms with Gasteiger partial charge in [-0.15, -0.1) is 0 Å². The standard InChI is InChI=1S/C5H8BrN/c1-4-7(3)5(2)6/h4H,1-2H2,3H3. The number of halogens is 1. The molecule has 0 bridgehead atoms. The lowest BCUT2D eigenvalue weighted by Gasteiger charge is -2.08. The van der Waals surface area contributed by atoms with Gasteiger partial charge in [0.1, 0.15) is 0 Å². The lowest BCUT2D eigenvalue weighted by molar-refractivity contribution is 0.619. The van der Waals surface area contributed by atoms with Gasteiger partial charge in [0.05, 0.1) is 4.61 Å². The zero-order valence-corrected chi connectivity index (χ0v) is 5.90. The molecule has 0 aromatic carbocycles. The third kappa shape index (κ3) is 2.45. The predicted molar refractivity (Wildman–Crippen MR) is 36.0 cm³/mol. The summed E-state index contributed by atoms with van der Waals surface area (Å²) >= 11 is 3.16. The van der Waals surface area contributed by atoms with Crippen molar-refractivity contribution in [3.05, 3.63) is 24.0 Å². The number of hydrogen-bond acceptors (Lipinski definition) is 1. The minimum atomic E-state index is 0.822. The molecule has 0 spiro atoms. The van der Waals surface area contributed by atoms with Crippen molar-refractivity contribution in [2.75, 3.05) is 7.05 Å². The fraction of sp³-hybridized carbons (Fsp3) is 0.200. The van der Waals surface area contributed by atoms with Crippen molar-refractivity contribution in [1.82, 2.24) is 4.90 Å². The first-order valence-corrected chi connectivity index (χ1v) is 2.67. The lowest BCUT2D eigenvalue weighted by atomic mass is 10.8. The molecule has 0 aliphatic heterocycles. The Balaban J connectivity index is 3.55. The highest BCUT2D eigenvalue weighted by atomic mass is 79.9. The van der Waals surface area contributed by atoms with Gasteiger partial charge >= 0.3 is 0 Å². The summed E-state index contributed by atoms with van der Waals surface area (Å²) < 4.78 is 0.822. The summed E-state index contributed by atoms with van der Waals surface area (Å²) in [6.45, 7) is 7.11. The first kappa shape index (κ1) is 6.76. The van der Waals surface area contributed by atoms with Gasteiger partial charge in [-0.25, -0.2) is 0 Å². The third-order valence-corrected chi connectivity index (χ3v) is 1.22. The Bertz CT molecular complexity index is 88.1. The Morgan fingerprint density at radius 3 is 2.29 bits per heavy atom. The van der Waals surface area contributed by atoms with Crippen molar-refractivity contribution in [3.63, 3.8) is 0 Å². The molecule has 0 aromatic rings. The van der Waals surface area contributed by atoms with Crippen LogP contribution in [0.3, 0.4) is 0 Å². The molecule has 40 valence electrons. The van der Waals surface area contributed by atoms with Crippen molar-refractivity contribution >= 4 is 15.9 Å². The van der Waals surface area contributed by atoms with Crippen LogP contribution in [0.4, 0.5) is 0 Å². The quantitative estimate of drug-likeness (QED) is 0.560. The first-order chi connectivity index (χ1) is 3.18. The van der Waals surface area contributed by atoms with Crippen LogP contribution in [0.25, 0.3) is 0 Å². The molecule has 0 aromatic heterocycles. The van der Waals surface area contributed by atoms with Crippen molar-refractivity contribution in [1.29, 1.82) is 0 Å². The molecule has 0 saturated heterocycles. The predicted octanol–water partition coefficient (Wildman–Crippen LogP) is 1.93. The largest absolute Gasteiger partial charge is 0.347 e. The molecule has 0 unspecified atom stereocenters. The Morgan fingerprint density at radius 1 is 1.86 bits per heavy atom. The van der Waals surface area contributed by atoms with Crippen LogP contribution < -0.4 is 0 Å². The zero-order chi connectivity index (χ0) is 5.86. The van der Waals surface area contributed by atoms with E-state index < -0.39 is 0 Å². The van der Waals surface area contributed by atoms with Crippen molar-refractivity contribution in [2.24, 2.45) is 0 Å². The second-order valence-electron chi connectivity index (χ2n) is 1.17. The van der Waals surface area contributed by atoms with Crippen LogP contribution in [-0.4, -0.2) is 11.9 Å². The average Bonchev–Trinajstić information content (AvgIpc) is 1.65. The van der Waals surface area contributed by atoms with Gasteiger partial charge in [0.2, 0.25) is 0 Å². The Labute approximate surface area is 52.4 Å². The lowest BCUT2D eigenvalue weighted by Crippen LogP contribution is -2.01. The minimum Gasteiger partial charge on any atom is -0.347 e. The molecule has 0 rings (SSSR count). The smallest absolute Gasteiger partial charge is 0.0770 e. The number of nitrogens with zero attached hydrogens (tertiary/aromatic N) is 1. The SMILES string of the molecule is C=CN(C)C(=C)Br. The van der Waals surface area contributed by atoms with E-state index in [-0.39, 0.29) is 0 Å². The second kappa shape index (κ2) is 2.86. The van der Waals surface area contributed by atoms with Crippen LogP contribution in [0, 0.1) is 0 Å². The van der Waals surface area contributed by atoms with Gasteiger partial charge in [-0.1, -0.05) is 13.2 Å². The summed E-state index contributed by atoms with van der Waals surface area (Å²) in [6, 6.07) is 0. The highest BCUT2D eigenvalue weighted by Crippen LogP contribution is 2.04. The minimum absolute atomic E-state index is 0.822. The topological polar surface area (TPSA) is 3.24 Å².